The maximum atomic E-state index is 12.5. The Morgan fingerprint density at radius 1 is 1.29 bits per heavy atom. The molecule has 28 heavy (non-hydrogen) atoms. The second-order valence-electron chi connectivity index (χ2n) is 7.70. The van der Waals surface area contributed by atoms with Gasteiger partial charge < -0.3 is 15.0 Å². The molecule has 1 fully saturated rings. The van der Waals surface area contributed by atoms with Crippen LogP contribution < -0.4 is 10.8 Å². The monoisotopic (exact) mass is 413 g/mol. The highest BCUT2D eigenvalue weighted by Crippen LogP contribution is 2.32. The van der Waals surface area contributed by atoms with Crippen molar-refractivity contribution >= 4 is 23.5 Å². The number of nitrogens with one attached hydrogen (secondary N) is 2. The maximum absolute atomic E-state index is 12.5. The van der Waals surface area contributed by atoms with Gasteiger partial charge in [0, 0.05) is 6.54 Å². The van der Waals surface area contributed by atoms with E-state index in [1.807, 2.05) is 20.8 Å². The molecule has 1 aliphatic rings. The molecule has 3 amide bonds. The summed E-state index contributed by atoms with van der Waals surface area (Å²) in [5.41, 5.74) is 1.98. The number of amides is 3. The van der Waals surface area contributed by atoms with Crippen LogP contribution in [0.5, 0.6) is 0 Å². The van der Waals surface area contributed by atoms with Gasteiger partial charge in [-0.25, -0.2) is 15.1 Å². The van der Waals surface area contributed by atoms with Gasteiger partial charge in [-0.05, 0) is 46.5 Å². The molecule has 10 heteroatoms. The van der Waals surface area contributed by atoms with Gasteiger partial charge in [0.1, 0.15) is 15.6 Å². The molecule has 2 N–H and O–H groups in total. The van der Waals surface area contributed by atoms with E-state index in [1.54, 1.807) is 4.90 Å². The number of hydrogen-bond donors (Lipinski definition) is 2. The number of hydroxylamine groups is 1. The van der Waals surface area contributed by atoms with Crippen LogP contribution in [0.2, 0.25) is 0 Å². The molecule has 1 atom stereocenters. The molecule has 0 spiro atoms. The van der Waals surface area contributed by atoms with Crippen LogP contribution in [0.1, 0.15) is 75.9 Å². The van der Waals surface area contributed by atoms with Crippen molar-refractivity contribution in [1.29, 1.82) is 0 Å². The molecule has 0 aromatic carbocycles. The third kappa shape index (κ3) is 7.23. The van der Waals surface area contributed by atoms with Crippen LogP contribution in [0.15, 0.2) is 0 Å². The van der Waals surface area contributed by atoms with Crippen molar-refractivity contribution in [3.63, 3.8) is 0 Å². The number of ether oxygens (including phenoxy) is 1. The molecule has 1 saturated heterocycles. The predicted octanol–water partition coefficient (Wildman–Crippen LogP) is 3.53. The number of nitrogens with zero attached hydrogens (tertiary/aromatic N) is 3. The van der Waals surface area contributed by atoms with E-state index in [4.69, 9.17) is 9.57 Å². The van der Waals surface area contributed by atoms with Crippen LogP contribution in [-0.4, -0.2) is 46.0 Å². The van der Waals surface area contributed by atoms with Gasteiger partial charge in [-0.3, -0.25) is 4.84 Å². The summed E-state index contributed by atoms with van der Waals surface area (Å²) in [6.45, 7) is 8.89. The Morgan fingerprint density at radius 2 is 2.07 bits per heavy atom. The van der Waals surface area contributed by atoms with Crippen molar-refractivity contribution in [3.8, 4) is 0 Å². The number of aromatic nitrogens is 2. The smallest absolute Gasteiger partial charge is 0.408 e. The first-order valence-corrected chi connectivity index (χ1v) is 10.6. The molecule has 0 unspecified atom stereocenters. The minimum absolute atomic E-state index is 0.128. The number of likely N-dealkylation sites (tertiary alicyclic amines) is 1. The van der Waals surface area contributed by atoms with Gasteiger partial charge in [0.05, 0.1) is 19.2 Å². The lowest BCUT2D eigenvalue weighted by Gasteiger charge is -2.33. The summed E-state index contributed by atoms with van der Waals surface area (Å²) in [4.78, 5) is 31.2. The zero-order valence-electron chi connectivity index (χ0n) is 17.1. The molecule has 1 aromatic rings. The van der Waals surface area contributed by atoms with Gasteiger partial charge in [-0.2, -0.15) is 0 Å². The van der Waals surface area contributed by atoms with Gasteiger partial charge >= 0.3 is 12.1 Å². The lowest BCUT2D eigenvalue weighted by Crippen LogP contribution is -2.44. The topological polar surface area (TPSA) is 106 Å². The van der Waals surface area contributed by atoms with Gasteiger partial charge in [0.15, 0.2) is 0 Å². The van der Waals surface area contributed by atoms with E-state index in [0.717, 1.165) is 37.1 Å². The zero-order chi connectivity index (χ0) is 20.6. The van der Waals surface area contributed by atoms with Gasteiger partial charge in [0.2, 0.25) is 0 Å². The van der Waals surface area contributed by atoms with E-state index < -0.39 is 11.7 Å². The van der Waals surface area contributed by atoms with Crippen molar-refractivity contribution < 1.29 is 19.2 Å². The number of hydrogen-bond acceptors (Lipinski definition) is 7. The van der Waals surface area contributed by atoms with E-state index in [2.05, 4.69) is 27.9 Å². The highest BCUT2D eigenvalue weighted by molar-refractivity contribution is 7.11. The molecular formula is C18H31N5O4S. The standard InChI is InChI=1S/C18H31N5O4S/c1-5-6-11-26-22-16(24)23-10-8-7-9-13(23)15-21-20-14(28-15)12-19-17(25)27-18(2,3)4/h13H,5-12H2,1-4H3,(H,19,25)(H,22,24)/t13-/m0/s1. The fourth-order valence-corrected chi connectivity index (χ4v) is 3.68. The molecule has 0 aliphatic carbocycles. The van der Waals surface area contributed by atoms with Gasteiger partial charge in [-0.1, -0.05) is 24.7 Å². The molecule has 158 valence electrons. The van der Waals surface area contributed by atoms with Crippen LogP contribution in [-0.2, 0) is 16.1 Å². The molecule has 2 rings (SSSR count). The van der Waals surface area contributed by atoms with Crippen molar-refractivity contribution in [2.75, 3.05) is 13.2 Å². The molecule has 0 radical (unpaired) electrons. The van der Waals surface area contributed by atoms with Crippen molar-refractivity contribution in [2.45, 2.75) is 78.0 Å². The fraction of sp³-hybridized carbons (Fsp3) is 0.778. The number of alkyl carbamates (subject to hydrolysis) is 1. The van der Waals surface area contributed by atoms with E-state index >= 15 is 0 Å². The summed E-state index contributed by atoms with van der Waals surface area (Å²) in [6, 6.07) is -0.374. The van der Waals surface area contributed by atoms with Crippen LogP contribution in [0.4, 0.5) is 9.59 Å². The quantitative estimate of drug-likeness (QED) is 0.523. The number of urea groups is 1. The highest BCUT2D eigenvalue weighted by atomic mass is 32.1. The molecule has 2 heterocycles. The van der Waals surface area contributed by atoms with Crippen LogP contribution in [0.25, 0.3) is 0 Å². The molecule has 1 aliphatic heterocycles. The van der Waals surface area contributed by atoms with Crippen molar-refractivity contribution in [3.05, 3.63) is 10.0 Å². The lowest BCUT2D eigenvalue weighted by atomic mass is 10.0. The first-order chi connectivity index (χ1) is 13.3. The van der Waals surface area contributed by atoms with Crippen LogP contribution >= 0.6 is 11.3 Å². The Kier molecular flexibility index (Phi) is 8.43. The summed E-state index contributed by atoms with van der Waals surface area (Å²) >= 11 is 1.40. The average molecular weight is 414 g/mol. The normalized spacial score (nSPS) is 17.3. The Labute approximate surface area is 170 Å². The van der Waals surface area contributed by atoms with E-state index in [1.165, 1.54) is 11.3 Å². The molecule has 1 aromatic heterocycles. The van der Waals surface area contributed by atoms with Crippen molar-refractivity contribution in [2.24, 2.45) is 0 Å². The Hall–Kier alpha value is -1.94. The zero-order valence-corrected chi connectivity index (χ0v) is 17.9. The van der Waals surface area contributed by atoms with Gasteiger partial charge in [-0.15, -0.1) is 10.2 Å². The third-order valence-electron chi connectivity index (χ3n) is 4.07. The summed E-state index contributed by atoms with van der Waals surface area (Å²) in [6.07, 6.45) is 4.21. The van der Waals surface area contributed by atoms with Crippen LogP contribution in [0, 0.1) is 0 Å². The SMILES string of the molecule is CCCCONC(=O)N1CCCC[C@H]1c1nnc(CNC(=O)OC(C)(C)C)s1. The Morgan fingerprint density at radius 3 is 2.79 bits per heavy atom. The molecule has 0 saturated carbocycles. The third-order valence-corrected chi connectivity index (χ3v) is 5.10. The second-order valence-corrected chi connectivity index (χ2v) is 8.80. The highest BCUT2D eigenvalue weighted by Gasteiger charge is 2.31. The maximum Gasteiger partial charge on any atom is 0.408 e. The number of carbonyl (C=O) groups is 2. The number of carbonyl (C=O) groups excluding carboxylic acids is 2. The minimum Gasteiger partial charge on any atom is -0.444 e. The number of unbranched alkanes of at least 4 members (excludes halogenated alkanes) is 1. The summed E-state index contributed by atoms with van der Waals surface area (Å²) < 4.78 is 5.22. The molecule has 9 nitrogen and oxygen atoms in total. The van der Waals surface area contributed by atoms with Crippen LogP contribution in [0.3, 0.4) is 0 Å². The summed E-state index contributed by atoms with van der Waals surface area (Å²) in [5, 5.41) is 12.5. The molecule has 0 bridgehead atoms. The largest absolute Gasteiger partial charge is 0.444 e. The molecular weight excluding hydrogens is 382 g/mol. The van der Waals surface area contributed by atoms with Crippen molar-refractivity contribution in [1.82, 2.24) is 25.9 Å². The average Bonchev–Trinajstić information content (AvgIpc) is 3.11. The first-order valence-electron chi connectivity index (χ1n) is 9.77. The minimum atomic E-state index is -0.550. The van der Waals surface area contributed by atoms with E-state index in [0.29, 0.717) is 18.2 Å². The summed E-state index contributed by atoms with van der Waals surface area (Å²) in [5.74, 6) is 0. The predicted molar refractivity (Wildman–Crippen MR) is 106 cm³/mol. The number of piperidine rings is 1. The Bertz CT molecular complexity index is 646. The lowest BCUT2D eigenvalue weighted by molar-refractivity contribution is 0.0361. The Balaban J connectivity index is 1.91. The summed E-state index contributed by atoms with van der Waals surface area (Å²) in [7, 11) is 0. The van der Waals surface area contributed by atoms with E-state index in [9.17, 15) is 9.59 Å². The fourth-order valence-electron chi connectivity index (χ4n) is 2.75. The second kappa shape index (κ2) is 10.6. The van der Waals surface area contributed by atoms with Gasteiger partial charge in [0.25, 0.3) is 0 Å². The first kappa shape index (κ1) is 22.4. The number of rotatable bonds is 7. The van der Waals surface area contributed by atoms with E-state index in [-0.39, 0.29) is 18.6 Å².